The fourth-order valence-electron chi connectivity index (χ4n) is 2.64. The van der Waals surface area contributed by atoms with Crippen LogP contribution in [-0.2, 0) is 17.8 Å². The van der Waals surface area contributed by atoms with E-state index in [1.54, 1.807) is 24.4 Å². The predicted molar refractivity (Wildman–Crippen MR) is 93.7 cm³/mol. The van der Waals surface area contributed by atoms with Crippen molar-refractivity contribution in [3.05, 3.63) is 60.0 Å². The third kappa shape index (κ3) is 3.66. The molecule has 0 spiro atoms. The number of carbonyl (C=O) groups excluding carboxylic acids is 1. The number of H-pyrrole nitrogens is 1. The molecule has 0 aliphatic rings. The number of benzene rings is 1. The van der Waals surface area contributed by atoms with Crippen molar-refractivity contribution in [3.8, 4) is 11.4 Å². The van der Waals surface area contributed by atoms with Crippen molar-refractivity contribution >= 4 is 16.9 Å². The molecule has 9 heteroatoms. The number of aromatic nitrogens is 5. The highest BCUT2D eigenvalue weighted by Crippen LogP contribution is 2.19. The molecule has 2 N–H and O–H groups in total. The van der Waals surface area contributed by atoms with Gasteiger partial charge >= 0.3 is 0 Å². The second-order valence-corrected chi connectivity index (χ2v) is 5.85. The minimum Gasteiger partial charge on any atom is -0.350 e. The monoisotopic (exact) mass is 366 g/mol. The van der Waals surface area contributed by atoms with E-state index < -0.39 is 5.82 Å². The van der Waals surface area contributed by atoms with Crippen molar-refractivity contribution in [2.24, 2.45) is 0 Å². The van der Waals surface area contributed by atoms with Gasteiger partial charge in [-0.2, -0.15) is 10.1 Å². The number of aromatic amines is 1. The number of nitrogens with one attached hydrogen (secondary N) is 2. The number of aryl methyl sites for hydroxylation is 1. The second-order valence-electron chi connectivity index (χ2n) is 5.85. The normalized spacial score (nSPS) is 11.0. The zero-order chi connectivity index (χ0) is 18.6. The van der Waals surface area contributed by atoms with Gasteiger partial charge in [0.05, 0.1) is 17.8 Å². The first-order valence-electron chi connectivity index (χ1n) is 8.33. The average Bonchev–Trinajstić information content (AvgIpc) is 3.32. The lowest BCUT2D eigenvalue weighted by molar-refractivity contribution is -0.121. The van der Waals surface area contributed by atoms with Crippen molar-refractivity contribution in [1.82, 2.24) is 30.6 Å². The maximum Gasteiger partial charge on any atom is 0.227 e. The number of pyridine rings is 1. The number of amides is 1. The van der Waals surface area contributed by atoms with Gasteiger partial charge in [-0.1, -0.05) is 17.3 Å². The molecule has 3 heterocycles. The van der Waals surface area contributed by atoms with E-state index in [2.05, 4.69) is 30.6 Å². The Morgan fingerprint density at radius 1 is 1.22 bits per heavy atom. The molecule has 27 heavy (non-hydrogen) atoms. The second kappa shape index (κ2) is 7.32. The molecule has 0 bridgehead atoms. The van der Waals surface area contributed by atoms with E-state index in [4.69, 9.17) is 4.52 Å². The van der Waals surface area contributed by atoms with E-state index in [-0.39, 0.29) is 36.0 Å². The van der Waals surface area contributed by atoms with Gasteiger partial charge in [0, 0.05) is 24.4 Å². The van der Waals surface area contributed by atoms with Gasteiger partial charge in [-0.15, -0.1) is 0 Å². The lowest BCUT2D eigenvalue weighted by Crippen LogP contribution is -2.23. The third-order valence-corrected chi connectivity index (χ3v) is 4.02. The van der Waals surface area contributed by atoms with Crippen LogP contribution in [0.2, 0.25) is 0 Å². The van der Waals surface area contributed by atoms with E-state index >= 15 is 0 Å². The molecule has 0 aliphatic heterocycles. The van der Waals surface area contributed by atoms with Crippen LogP contribution in [-0.4, -0.2) is 31.2 Å². The molecular formula is C18H15FN6O2. The molecule has 1 amide bonds. The van der Waals surface area contributed by atoms with Crippen LogP contribution in [0.15, 0.2) is 47.1 Å². The summed E-state index contributed by atoms with van der Waals surface area (Å²) in [6.45, 7) is 0.311. The number of rotatable bonds is 6. The van der Waals surface area contributed by atoms with Crippen molar-refractivity contribution in [3.63, 3.8) is 0 Å². The number of fused-ring (bicyclic) bond motifs is 1. The van der Waals surface area contributed by atoms with E-state index in [0.29, 0.717) is 12.2 Å². The molecule has 8 nitrogen and oxygen atoms in total. The highest BCUT2D eigenvalue weighted by atomic mass is 19.1. The smallest absolute Gasteiger partial charge is 0.227 e. The molecule has 0 saturated heterocycles. The summed E-state index contributed by atoms with van der Waals surface area (Å²) < 4.78 is 18.8. The Bertz CT molecular complexity index is 1090. The predicted octanol–water partition coefficient (Wildman–Crippen LogP) is 2.40. The van der Waals surface area contributed by atoms with Gasteiger partial charge in [0.25, 0.3) is 0 Å². The highest BCUT2D eigenvalue weighted by molar-refractivity contribution is 5.79. The molecule has 3 aromatic heterocycles. The Morgan fingerprint density at radius 3 is 3.00 bits per heavy atom. The Morgan fingerprint density at radius 2 is 2.11 bits per heavy atom. The molecule has 136 valence electrons. The molecule has 0 aliphatic carbocycles. The third-order valence-electron chi connectivity index (χ3n) is 4.02. The summed E-state index contributed by atoms with van der Waals surface area (Å²) in [6.07, 6.45) is 2.09. The van der Waals surface area contributed by atoms with Crippen LogP contribution in [0, 0.1) is 5.82 Å². The number of nitrogens with zero attached hydrogens (tertiary/aromatic N) is 4. The van der Waals surface area contributed by atoms with Crippen LogP contribution >= 0.6 is 0 Å². The largest absolute Gasteiger partial charge is 0.350 e. The minimum atomic E-state index is -0.427. The zero-order valence-electron chi connectivity index (χ0n) is 14.1. The fraction of sp³-hybridized carbons (Fsp3) is 0.167. The number of carbonyl (C=O) groups is 1. The standard InChI is InChI=1S/C18H15FN6O2/c19-13-6-2-1-4-11(13)18-22-16(27-25-18)8-7-15(26)21-10-14-12-5-3-9-20-17(12)24-23-14/h1-6,9H,7-8,10H2,(H,21,26)(H,20,23,24). The van der Waals surface area contributed by atoms with Gasteiger partial charge in [-0.3, -0.25) is 9.89 Å². The summed E-state index contributed by atoms with van der Waals surface area (Å²) in [5.41, 5.74) is 1.65. The van der Waals surface area contributed by atoms with Crippen LogP contribution in [0.5, 0.6) is 0 Å². The van der Waals surface area contributed by atoms with Crippen LogP contribution in [0.3, 0.4) is 0 Å². The molecule has 1 aromatic carbocycles. The van der Waals surface area contributed by atoms with Crippen LogP contribution < -0.4 is 5.32 Å². The fourth-order valence-corrected chi connectivity index (χ4v) is 2.64. The molecule has 0 radical (unpaired) electrons. The summed E-state index contributed by atoms with van der Waals surface area (Å²) in [4.78, 5) is 20.3. The number of hydrogen-bond acceptors (Lipinski definition) is 6. The molecule has 0 fully saturated rings. The Labute approximate surface area is 152 Å². The summed E-state index contributed by atoms with van der Waals surface area (Å²) in [5.74, 6) is -0.157. The highest BCUT2D eigenvalue weighted by Gasteiger charge is 2.14. The maximum atomic E-state index is 13.7. The van der Waals surface area contributed by atoms with Crippen molar-refractivity contribution in [2.75, 3.05) is 0 Å². The quantitative estimate of drug-likeness (QED) is 0.542. The molecular weight excluding hydrogens is 351 g/mol. The molecule has 4 aromatic rings. The SMILES string of the molecule is O=C(CCc1nc(-c2ccccc2F)no1)NCc1[nH]nc2ncccc12. The van der Waals surface area contributed by atoms with Gasteiger partial charge in [0.15, 0.2) is 5.65 Å². The Hall–Kier alpha value is -3.62. The van der Waals surface area contributed by atoms with E-state index in [0.717, 1.165) is 11.1 Å². The first-order chi connectivity index (χ1) is 13.2. The first kappa shape index (κ1) is 16.8. The summed E-state index contributed by atoms with van der Waals surface area (Å²) in [5, 5.41) is 14.4. The lowest BCUT2D eigenvalue weighted by atomic mass is 10.2. The molecule has 0 atom stereocenters. The van der Waals surface area contributed by atoms with Gasteiger partial charge in [-0.05, 0) is 24.3 Å². The van der Waals surface area contributed by atoms with Crippen LogP contribution in [0.4, 0.5) is 4.39 Å². The minimum absolute atomic E-state index is 0.167. The van der Waals surface area contributed by atoms with Crippen molar-refractivity contribution in [2.45, 2.75) is 19.4 Å². The van der Waals surface area contributed by atoms with Gasteiger partial charge in [-0.25, -0.2) is 9.37 Å². The molecule has 4 rings (SSSR count). The zero-order valence-corrected chi connectivity index (χ0v) is 14.1. The average molecular weight is 366 g/mol. The van der Waals surface area contributed by atoms with Crippen molar-refractivity contribution < 1.29 is 13.7 Å². The Kier molecular flexibility index (Phi) is 4.56. The van der Waals surface area contributed by atoms with E-state index in [9.17, 15) is 9.18 Å². The Balaban J connectivity index is 1.33. The van der Waals surface area contributed by atoms with Crippen LogP contribution in [0.1, 0.15) is 18.0 Å². The first-order valence-corrected chi connectivity index (χ1v) is 8.33. The molecule has 0 unspecified atom stereocenters. The summed E-state index contributed by atoms with van der Waals surface area (Å²) in [6, 6.07) is 9.87. The van der Waals surface area contributed by atoms with E-state index in [1.165, 1.54) is 6.07 Å². The summed E-state index contributed by atoms with van der Waals surface area (Å²) in [7, 11) is 0. The van der Waals surface area contributed by atoms with Gasteiger partial charge in [0.2, 0.25) is 17.6 Å². The van der Waals surface area contributed by atoms with Gasteiger partial charge in [0.1, 0.15) is 5.82 Å². The van der Waals surface area contributed by atoms with E-state index in [1.807, 2.05) is 12.1 Å². The number of hydrogen-bond donors (Lipinski definition) is 2. The maximum absolute atomic E-state index is 13.7. The van der Waals surface area contributed by atoms with Crippen molar-refractivity contribution in [1.29, 1.82) is 0 Å². The van der Waals surface area contributed by atoms with Crippen LogP contribution in [0.25, 0.3) is 22.4 Å². The molecule has 0 saturated carbocycles. The number of halogens is 1. The van der Waals surface area contributed by atoms with Gasteiger partial charge < -0.3 is 9.84 Å². The summed E-state index contributed by atoms with van der Waals surface area (Å²) >= 11 is 0. The lowest BCUT2D eigenvalue weighted by Gasteiger charge is -2.02. The topological polar surface area (TPSA) is 110 Å².